The Bertz CT molecular complexity index is 308. The molecule has 0 saturated carbocycles. The van der Waals surface area contributed by atoms with E-state index in [-0.39, 0.29) is 11.2 Å². The lowest BCUT2D eigenvalue weighted by Crippen LogP contribution is -3.06. The smallest absolute Gasteiger partial charge is 0.161 e. The maximum atomic E-state index is 11.7. The summed E-state index contributed by atoms with van der Waals surface area (Å²) in [6.45, 7) is 5.64. The molecule has 68 valence electrons. The molecule has 1 heterocycles. The average molecular weight is 176 g/mol. The van der Waals surface area contributed by atoms with Gasteiger partial charge in [-0.25, -0.2) is 10.2 Å². The summed E-state index contributed by atoms with van der Waals surface area (Å²) in [5.74, 6) is 0. The van der Waals surface area contributed by atoms with Gasteiger partial charge in [-0.15, -0.1) is 0 Å². The Morgan fingerprint density at radius 2 is 2.23 bits per heavy atom. The lowest BCUT2D eigenvalue weighted by atomic mass is 10.1. The number of nitrogens with one attached hydrogen (secondary N) is 1. The third-order valence-corrected chi connectivity index (χ3v) is 2.49. The van der Waals surface area contributed by atoms with Crippen LogP contribution < -0.4 is 5.17 Å². The van der Waals surface area contributed by atoms with Gasteiger partial charge in [0.05, 0.1) is 0 Å². The van der Waals surface area contributed by atoms with Crippen molar-refractivity contribution in [1.29, 1.82) is 0 Å². The van der Waals surface area contributed by atoms with E-state index in [9.17, 15) is 5.21 Å². The molecule has 0 amide bonds. The molecule has 2 unspecified atom stereocenters. The van der Waals surface area contributed by atoms with Crippen LogP contribution in [0.3, 0.4) is 0 Å². The first kappa shape index (κ1) is 8.29. The number of hydrogen-bond acceptors (Lipinski definition) is 2. The quantitative estimate of drug-likeness (QED) is 0.650. The van der Waals surface area contributed by atoms with Crippen molar-refractivity contribution < 1.29 is 5.17 Å². The Hall–Kier alpha value is -1.32. The normalized spacial score (nSPS) is 25.8. The van der Waals surface area contributed by atoms with E-state index in [4.69, 9.17) is 0 Å². The highest BCUT2D eigenvalue weighted by Crippen LogP contribution is 2.28. The Morgan fingerprint density at radius 3 is 2.85 bits per heavy atom. The van der Waals surface area contributed by atoms with E-state index in [0.717, 1.165) is 11.3 Å². The number of nitrogens with zero attached hydrogens (tertiary/aromatic N) is 1. The summed E-state index contributed by atoms with van der Waals surface area (Å²) >= 11 is 0. The lowest BCUT2D eigenvalue weighted by molar-refractivity contribution is -0.898. The maximum absolute atomic E-state index is 11.7. The van der Waals surface area contributed by atoms with E-state index in [2.05, 4.69) is 6.58 Å². The summed E-state index contributed by atoms with van der Waals surface area (Å²) < 4.78 is 0. The van der Waals surface area contributed by atoms with Gasteiger partial charge in [0.2, 0.25) is 0 Å². The predicted molar refractivity (Wildman–Crippen MR) is 50.9 cm³/mol. The summed E-state index contributed by atoms with van der Waals surface area (Å²) in [5, 5.41) is 13.4. The molecule has 0 radical (unpaired) electrons. The Kier molecular flexibility index (Phi) is 1.83. The van der Waals surface area contributed by atoms with Crippen molar-refractivity contribution >= 4 is 5.69 Å². The zero-order valence-corrected chi connectivity index (χ0v) is 7.53. The summed E-state index contributed by atoms with van der Waals surface area (Å²) in [6, 6.07) is 7.81. The summed E-state index contributed by atoms with van der Waals surface area (Å²) in [6.07, 6.45) is 1.59. The Labute approximate surface area is 77.4 Å². The zero-order valence-electron chi connectivity index (χ0n) is 7.53. The van der Waals surface area contributed by atoms with E-state index in [1.54, 1.807) is 11.2 Å². The topological polar surface area (TPSA) is 30.7 Å². The lowest BCUT2D eigenvalue weighted by Gasteiger charge is -2.27. The van der Waals surface area contributed by atoms with Gasteiger partial charge in [-0.3, -0.25) is 0 Å². The van der Waals surface area contributed by atoms with Crippen molar-refractivity contribution in [2.24, 2.45) is 0 Å². The molecular formula is C10H12N2O. The number of rotatable bonds is 1. The van der Waals surface area contributed by atoms with E-state index >= 15 is 0 Å². The highest BCUT2D eigenvalue weighted by atomic mass is 16.6. The number of hydrogen-bond donors (Lipinski definition) is 1. The molecule has 1 N–H and O–H groups in total. The second kappa shape index (κ2) is 2.87. The predicted octanol–water partition coefficient (Wildman–Crippen LogP) is 1.14. The maximum Gasteiger partial charge on any atom is 0.161 e. The summed E-state index contributed by atoms with van der Waals surface area (Å²) in [7, 11) is 0. The van der Waals surface area contributed by atoms with E-state index in [0.29, 0.717) is 0 Å². The molecule has 1 aliphatic rings. The van der Waals surface area contributed by atoms with Gasteiger partial charge >= 0.3 is 0 Å². The molecule has 2 atom stereocenters. The van der Waals surface area contributed by atoms with Gasteiger partial charge in [-0.1, -0.05) is 24.8 Å². The van der Waals surface area contributed by atoms with Crippen LogP contribution in [0, 0.1) is 5.21 Å². The molecule has 2 rings (SSSR count). The van der Waals surface area contributed by atoms with Crippen molar-refractivity contribution in [1.82, 2.24) is 5.01 Å². The minimum absolute atomic E-state index is 0.0538. The van der Waals surface area contributed by atoms with Crippen LogP contribution in [0.5, 0.6) is 0 Å². The second-order valence-corrected chi connectivity index (χ2v) is 3.16. The molecule has 3 heteroatoms. The van der Waals surface area contributed by atoms with Gasteiger partial charge in [0.25, 0.3) is 0 Å². The van der Waals surface area contributed by atoms with Crippen molar-refractivity contribution in [3.05, 3.63) is 47.8 Å². The minimum Gasteiger partial charge on any atom is -0.603 e. The molecule has 1 aromatic rings. The van der Waals surface area contributed by atoms with Gasteiger partial charge in [0.15, 0.2) is 5.69 Å². The van der Waals surface area contributed by atoms with Crippen LogP contribution in [0.4, 0.5) is 5.69 Å². The number of quaternary nitrogens is 1. The Morgan fingerprint density at radius 1 is 1.54 bits per heavy atom. The summed E-state index contributed by atoms with van der Waals surface area (Å²) in [4.78, 5) is 0. The number of fused-ring (bicyclic) bond motifs is 1. The van der Waals surface area contributed by atoms with Crippen LogP contribution in [-0.4, -0.2) is 5.01 Å². The summed E-state index contributed by atoms with van der Waals surface area (Å²) in [5.41, 5.74) is 1.89. The van der Waals surface area contributed by atoms with Gasteiger partial charge in [-0.05, 0) is 6.92 Å². The fourth-order valence-electron chi connectivity index (χ4n) is 1.76. The van der Waals surface area contributed by atoms with Crippen LogP contribution in [-0.2, 0) is 0 Å². The van der Waals surface area contributed by atoms with Crippen LogP contribution in [0.2, 0.25) is 0 Å². The molecule has 3 nitrogen and oxygen atoms in total. The van der Waals surface area contributed by atoms with Crippen molar-refractivity contribution in [3.63, 3.8) is 0 Å². The molecule has 0 aliphatic carbocycles. The molecule has 0 spiro atoms. The third-order valence-electron chi connectivity index (χ3n) is 2.49. The molecule has 0 bridgehead atoms. The molecule has 0 aromatic heterocycles. The fraction of sp³-hybridized carbons (Fsp3) is 0.200. The molecule has 1 aromatic carbocycles. The largest absolute Gasteiger partial charge is 0.603 e. The van der Waals surface area contributed by atoms with Crippen LogP contribution in [0.25, 0.3) is 0 Å². The first-order valence-corrected chi connectivity index (χ1v) is 4.30. The second-order valence-electron chi connectivity index (χ2n) is 3.16. The van der Waals surface area contributed by atoms with Gasteiger partial charge in [-0.2, -0.15) is 0 Å². The van der Waals surface area contributed by atoms with Crippen molar-refractivity contribution in [2.75, 3.05) is 0 Å². The highest BCUT2D eigenvalue weighted by molar-refractivity contribution is 5.43. The number of benzene rings is 1. The van der Waals surface area contributed by atoms with E-state index < -0.39 is 0 Å². The molecular weight excluding hydrogens is 164 g/mol. The molecule has 0 fully saturated rings. The molecule has 13 heavy (non-hydrogen) atoms. The van der Waals surface area contributed by atoms with Gasteiger partial charge in [0, 0.05) is 17.8 Å². The van der Waals surface area contributed by atoms with Gasteiger partial charge in [0.1, 0.15) is 6.04 Å². The monoisotopic (exact) mass is 176 g/mol. The van der Waals surface area contributed by atoms with Gasteiger partial charge < -0.3 is 5.21 Å². The SMILES string of the molecule is C=CN1C(C)c2ccccc2[NH+]1[O-]. The van der Waals surface area contributed by atoms with Crippen LogP contribution in [0.1, 0.15) is 18.5 Å². The fourth-order valence-corrected chi connectivity index (χ4v) is 1.76. The first-order chi connectivity index (χ1) is 6.25. The third kappa shape index (κ3) is 1.05. The first-order valence-electron chi connectivity index (χ1n) is 4.30. The van der Waals surface area contributed by atoms with Crippen LogP contribution >= 0.6 is 0 Å². The standard InChI is InChI=1S/C10H12N2O/c1-3-11-8(2)9-6-4-5-7-10(9)12(11)13/h3-8,12H,1H2,2H3. The van der Waals surface area contributed by atoms with Crippen molar-refractivity contribution in [3.8, 4) is 0 Å². The average Bonchev–Trinajstić information content (AvgIpc) is 2.41. The highest BCUT2D eigenvalue weighted by Gasteiger charge is 2.31. The van der Waals surface area contributed by atoms with Crippen LogP contribution in [0.15, 0.2) is 37.0 Å². The van der Waals surface area contributed by atoms with Crippen molar-refractivity contribution in [2.45, 2.75) is 13.0 Å². The minimum atomic E-state index is 0.0538. The molecule has 0 saturated heterocycles. The zero-order chi connectivity index (χ0) is 9.42. The van der Waals surface area contributed by atoms with E-state index in [1.807, 2.05) is 31.2 Å². The van der Waals surface area contributed by atoms with E-state index in [1.165, 1.54) is 0 Å². The molecule has 1 aliphatic heterocycles. The Balaban J connectivity index is 2.50.